The summed E-state index contributed by atoms with van der Waals surface area (Å²) in [5.41, 5.74) is 12.9. The smallest absolute Gasteiger partial charge is 0.212 e. The topological polar surface area (TPSA) is 166 Å². The summed E-state index contributed by atoms with van der Waals surface area (Å²) >= 11 is 3.13. The van der Waals surface area contributed by atoms with E-state index >= 15 is 0 Å². The van der Waals surface area contributed by atoms with Crippen LogP contribution in [-0.2, 0) is 12.3 Å². The highest BCUT2D eigenvalue weighted by molar-refractivity contribution is 7.98. The van der Waals surface area contributed by atoms with Crippen LogP contribution in [0.15, 0.2) is 64.0 Å². The second-order valence-corrected chi connectivity index (χ2v) is 11.2. The first-order chi connectivity index (χ1) is 20.5. The standard InChI is InChI=1S/C28H39N11OS2/c1-38(15-16-39(25-6-3-4-11-32-25)18-22-7-9-24(40-2)10-8-22)14-5-12-33-27(35-21-29)34-13-17-41-19-23-20-42-28(36-23)37-26(30)31/h3-4,6-11,20H,5,12-19H2,1-2H3,(H2,33,34,35)(H4,30,31,36,37). The van der Waals surface area contributed by atoms with E-state index in [0.29, 0.717) is 24.2 Å². The van der Waals surface area contributed by atoms with Gasteiger partial charge in [0.15, 0.2) is 12.2 Å². The number of thioether (sulfide) groups is 1. The molecule has 2 aromatic heterocycles. The van der Waals surface area contributed by atoms with Crippen LogP contribution < -0.4 is 31.7 Å². The Morgan fingerprint density at radius 2 is 2.00 bits per heavy atom. The molecule has 0 unspecified atom stereocenters. The number of aliphatic imine (C=N–C) groups is 2. The van der Waals surface area contributed by atoms with Gasteiger partial charge in [0, 0.05) is 55.8 Å². The van der Waals surface area contributed by atoms with E-state index in [0.717, 1.165) is 61.4 Å². The van der Waals surface area contributed by atoms with Gasteiger partial charge in [-0.25, -0.2) is 9.97 Å². The van der Waals surface area contributed by atoms with Crippen molar-refractivity contribution in [2.45, 2.75) is 18.7 Å². The number of hydrogen-bond donors (Lipinski definition) is 4. The van der Waals surface area contributed by atoms with E-state index in [1.54, 1.807) is 18.9 Å². The minimum atomic E-state index is 0.00391. The van der Waals surface area contributed by atoms with Crippen molar-refractivity contribution in [3.8, 4) is 11.9 Å². The minimum Gasteiger partial charge on any atom is -0.497 e. The number of pyridine rings is 1. The lowest BCUT2D eigenvalue weighted by Gasteiger charge is -2.26. The van der Waals surface area contributed by atoms with Gasteiger partial charge in [-0.3, -0.25) is 10.3 Å². The third-order valence-corrected chi connectivity index (χ3v) is 7.73. The average molecular weight is 610 g/mol. The normalized spacial score (nSPS) is 11.1. The molecule has 42 heavy (non-hydrogen) atoms. The first-order valence-corrected chi connectivity index (χ1v) is 15.5. The molecule has 3 aromatic rings. The third kappa shape index (κ3) is 12.2. The number of anilines is 1. The zero-order chi connectivity index (χ0) is 30.0. The molecule has 0 saturated heterocycles. The highest BCUT2D eigenvalue weighted by Crippen LogP contribution is 2.21. The Balaban J connectivity index is 1.38. The highest BCUT2D eigenvalue weighted by atomic mass is 32.2. The van der Waals surface area contributed by atoms with Crippen LogP contribution in [-0.4, -0.2) is 79.4 Å². The van der Waals surface area contributed by atoms with Crippen LogP contribution in [0.3, 0.4) is 0 Å². The van der Waals surface area contributed by atoms with Gasteiger partial charge in [0.1, 0.15) is 11.6 Å². The molecule has 0 atom stereocenters. The van der Waals surface area contributed by atoms with Crippen LogP contribution in [0.1, 0.15) is 17.7 Å². The lowest BCUT2D eigenvalue weighted by atomic mass is 10.2. The van der Waals surface area contributed by atoms with Crippen molar-refractivity contribution in [2.24, 2.45) is 21.5 Å². The molecular weight excluding hydrogens is 571 g/mol. The highest BCUT2D eigenvalue weighted by Gasteiger charge is 2.10. The van der Waals surface area contributed by atoms with Crippen LogP contribution >= 0.6 is 23.1 Å². The number of methoxy groups -OCH3 is 1. The van der Waals surface area contributed by atoms with Crippen molar-refractivity contribution < 1.29 is 4.74 Å². The molecule has 2 heterocycles. The van der Waals surface area contributed by atoms with E-state index in [1.165, 1.54) is 16.9 Å². The van der Waals surface area contributed by atoms with Crippen LogP contribution in [0, 0.1) is 11.5 Å². The van der Waals surface area contributed by atoms with E-state index < -0.39 is 0 Å². The van der Waals surface area contributed by atoms with E-state index in [-0.39, 0.29) is 5.96 Å². The van der Waals surface area contributed by atoms with Crippen molar-refractivity contribution in [1.29, 1.82) is 5.26 Å². The number of nitriles is 1. The van der Waals surface area contributed by atoms with Crippen molar-refractivity contribution in [3.63, 3.8) is 0 Å². The molecule has 0 radical (unpaired) electrons. The molecule has 0 bridgehead atoms. The molecule has 0 aliphatic carbocycles. The summed E-state index contributed by atoms with van der Waals surface area (Å²) in [5, 5.41) is 17.4. The maximum Gasteiger partial charge on any atom is 0.212 e. The lowest BCUT2D eigenvalue weighted by molar-refractivity contribution is 0.336. The van der Waals surface area contributed by atoms with Gasteiger partial charge in [-0.05, 0) is 49.8 Å². The molecule has 12 nitrogen and oxygen atoms in total. The number of likely N-dealkylation sites (N-methyl/N-ethyl adjacent to an activating group) is 1. The molecule has 0 aliphatic rings. The molecule has 0 aliphatic heterocycles. The Hall–Kier alpha value is -4.06. The van der Waals surface area contributed by atoms with Crippen molar-refractivity contribution in [3.05, 3.63) is 65.3 Å². The number of aromatic nitrogens is 2. The fourth-order valence-electron chi connectivity index (χ4n) is 3.84. The maximum absolute atomic E-state index is 9.10. The molecule has 1 aromatic carbocycles. The predicted octanol–water partition coefficient (Wildman–Crippen LogP) is 2.73. The lowest BCUT2D eigenvalue weighted by Crippen LogP contribution is -2.36. The summed E-state index contributed by atoms with van der Waals surface area (Å²) in [6.45, 7) is 4.63. The summed E-state index contributed by atoms with van der Waals surface area (Å²) in [6, 6.07) is 14.1. The van der Waals surface area contributed by atoms with Gasteiger partial charge in [0.2, 0.25) is 11.1 Å². The fraction of sp³-hybridized carbons (Fsp3) is 0.393. The second kappa shape index (κ2) is 18.4. The largest absolute Gasteiger partial charge is 0.497 e. The number of ether oxygens (including phenoxy) is 1. The van der Waals surface area contributed by atoms with E-state index in [4.69, 9.17) is 21.5 Å². The monoisotopic (exact) mass is 609 g/mol. The maximum atomic E-state index is 9.10. The number of nitrogens with zero attached hydrogens (tertiary/aromatic N) is 7. The molecule has 0 fully saturated rings. The molecule has 0 amide bonds. The van der Waals surface area contributed by atoms with E-state index in [9.17, 15) is 0 Å². The van der Waals surface area contributed by atoms with Crippen molar-refractivity contribution >= 4 is 46.0 Å². The molecule has 14 heteroatoms. The summed E-state index contributed by atoms with van der Waals surface area (Å²) < 4.78 is 5.29. The van der Waals surface area contributed by atoms with E-state index in [2.05, 4.69) is 59.6 Å². The van der Waals surface area contributed by atoms with Gasteiger partial charge in [0.25, 0.3) is 0 Å². The van der Waals surface area contributed by atoms with Crippen LogP contribution in [0.2, 0.25) is 0 Å². The molecule has 224 valence electrons. The molecule has 0 saturated carbocycles. The Bertz CT molecular complexity index is 1290. The Morgan fingerprint density at radius 1 is 1.17 bits per heavy atom. The Kier molecular flexibility index (Phi) is 14.2. The number of guanidine groups is 2. The predicted molar refractivity (Wildman–Crippen MR) is 173 cm³/mol. The number of benzene rings is 1. The number of thiazole rings is 1. The van der Waals surface area contributed by atoms with Crippen LogP contribution in [0.5, 0.6) is 5.75 Å². The summed E-state index contributed by atoms with van der Waals surface area (Å²) in [5.74, 6) is 3.87. The van der Waals surface area contributed by atoms with Gasteiger partial charge in [-0.1, -0.05) is 18.2 Å². The van der Waals surface area contributed by atoms with Gasteiger partial charge >= 0.3 is 0 Å². The molecule has 0 spiro atoms. The molecule has 6 N–H and O–H groups in total. The first-order valence-electron chi connectivity index (χ1n) is 13.5. The summed E-state index contributed by atoms with van der Waals surface area (Å²) in [6.07, 6.45) is 4.65. The molecular formula is C28H39N11OS2. The van der Waals surface area contributed by atoms with Gasteiger partial charge in [-0.15, -0.1) is 11.3 Å². The number of nitrogens with two attached hydrogens (primary N) is 2. The zero-order valence-electron chi connectivity index (χ0n) is 24.1. The van der Waals surface area contributed by atoms with Gasteiger partial charge < -0.3 is 31.3 Å². The Labute approximate surface area is 255 Å². The fourth-order valence-corrected chi connectivity index (χ4v) is 5.40. The van der Waals surface area contributed by atoms with Gasteiger partial charge in [0.05, 0.1) is 12.8 Å². The number of rotatable bonds is 17. The SMILES string of the molecule is COc1ccc(CN(CCN(C)CCCN=C(NC#N)NCCSCc2csc(N=C(N)N)n2)c2ccccn2)cc1. The summed E-state index contributed by atoms with van der Waals surface area (Å²) in [4.78, 5) is 22.0. The number of hydrogen-bond acceptors (Lipinski definition) is 10. The van der Waals surface area contributed by atoms with Gasteiger partial charge in [-0.2, -0.15) is 22.0 Å². The minimum absolute atomic E-state index is 0.00391. The van der Waals surface area contributed by atoms with E-state index in [1.807, 2.05) is 48.1 Å². The van der Waals surface area contributed by atoms with Crippen LogP contribution in [0.4, 0.5) is 10.9 Å². The second-order valence-electron chi connectivity index (χ2n) is 9.22. The molecule has 3 rings (SSSR count). The van der Waals surface area contributed by atoms with Crippen molar-refractivity contribution in [1.82, 2.24) is 25.5 Å². The van der Waals surface area contributed by atoms with Crippen molar-refractivity contribution in [2.75, 3.05) is 57.5 Å². The first kappa shape index (κ1) is 32.5. The average Bonchev–Trinajstić information content (AvgIpc) is 3.44. The summed E-state index contributed by atoms with van der Waals surface area (Å²) in [7, 11) is 3.79. The number of nitrogens with one attached hydrogen (secondary N) is 2. The van der Waals surface area contributed by atoms with Crippen LogP contribution in [0.25, 0.3) is 0 Å². The quantitative estimate of drug-likeness (QED) is 0.0584. The Morgan fingerprint density at radius 3 is 2.71 bits per heavy atom. The zero-order valence-corrected chi connectivity index (χ0v) is 25.7. The third-order valence-electron chi connectivity index (χ3n) is 5.95.